The van der Waals surface area contributed by atoms with Crippen molar-refractivity contribution >= 4 is 44.8 Å². The van der Waals surface area contributed by atoms with Crippen molar-refractivity contribution in [2.24, 2.45) is 0 Å². The highest BCUT2D eigenvalue weighted by Crippen LogP contribution is 2.36. The predicted molar refractivity (Wildman–Crippen MR) is 77.6 cm³/mol. The van der Waals surface area contributed by atoms with Crippen LogP contribution in [0.15, 0.2) is 28.9 Å². The zero-order valence-corrected chi connectivity index (χ0v) is 12.5. The van der Waals surface area contributed by atoms with Gasteiger partial charge in [0.15, 0.2) is 0 Å². The summed E-state index contributed by atoms with van der Waals surface area (Å²) in [6, 6.07) is 4.99. The first-order chi connectivity index (χ1) is 8.49. The van der Waals surface area contributed by atoms with Gasteiger partial charge >= 0.3 is 0 Å². The molecule has 2 N–H and O–H groups in total. The Morgan fingerprint density at radius 1 is 1.33 bits per heavy atom. The van der Waals surface area contributed by atoms with Gasteiger partial charge in [-0.15, -0.1) is 0 Å². The number of nitrogens with zero attached hydrogens (tertiary/aromatic N) is 1. The minimum absolute atomic E-state index is 0.408. The monoisotopic (exact) mass is 346 g/mol. The minimum Gasteiger partial charge on any atom is -0.436 e. The van der Waals surface area contributed by atoms with Crippen LogP contribution in [0.5, 0.6) is 11.6 Å². The molecule has 0 aliphatic heterocycles. The number of pyridine rings is 1. The number of benzene rings is 1. The second kappa shape index (κ2) is 5.34. The first kappa shape index (κ1) is 13.5. The Balaban J connectivity index is 2.37. The van der Waals surface area contributed by atoms with E-state index in [1.165, 1.54) is 0 Å². The van der Waals surface area contributed by atoms with Gasteiger partial charge in [0.2, 0.25) is 5.88 Å². The van der Waals surface area contributed by atoms with Gasteiger partial charge in [-0.2, -0.15) is 0 Å². The van der Waals surface area contributed by atoms with Gasteiger partial charge in [0.25, 0.3) is 0 Å². The number of rotatable bonds is 2. The lowest BCUT2D eigenvalue weighted by atomic mass is 10.2. The van der Waals surface area contributed by atoms with Crippen molar-refractivity contribution in [3.05, 3.63) is 44.5 Å². The number of aromatic nitrogens is 1. The van der Waals surface area contributed by atoms with Crippen LogP contribution >= 0.6 is 39.1 Å². The Hall–Kier alpha value is -0.970. The molecule has 0 unspecified atom stereocenters. The quantitative estimate of drug-likeness (QED) is 0.845. The van der Waals surface area contributed by atoms with Crippen LogP contribution in [0.1, 0.15) is 5.56 Å². The van der Waals surface area contributed by atoms with E-state index in [9.17, 15) is 0 Å². The minimum atomic E-state index is 0.408. The standard InChI is InChI=1S/C12H9BrCl2N2O/c1-6-9(16)5-17-12(11(6)13)18-10-3-2-7(14)4-8(10)15/h2-5H,16H2,1H3. The van der Waals surface area contributed by atoms with Gasteiger partial charge in [-0.05, 0) is 46.6 Å². The van der Waals surface area contributed by atoms with E-state index in [4.69, 9.17) is 33.7 Å². The Morgan fingerprint density at radius 3 is 2.72 bits per heavy atom. The topological polar surface area (TPSA) is 48.1 Å². The van der Waals surface area contributed by atoms with E-state index in [-0.39, 0.29) is 0 Å². The summed E-state index contributed by atoms with van der Waals surface area (Å²) in [6.07, 6.45) is 1.54. The van der Waals surface area contributed by atoms with Crippen LogP contribution in [-0.2, 0) is 0 Å². The number of nitrogens with two attached hydrogens (primary N) is 1. The number of anilines is 1. The predicted octanol–water partition coefficient (Wildman–Crippen LogP) is 4.83. The van der Waals surface area contributed by atoms with E-state index in [1.807, 2.05) is 6.92 Å². The maximum absolute atomic E-state index is 6.03. The van der Waals surface area contributed by atoms with Crippen LogP contribution in [0.3, 0.4) is 0 Å². The molecule has 94 valence electrons. The first-order valence-electron chi connectivity index (χ1n) is 5.02. The summed E-state index contributed by atoms with van der Waals surface area (Å²) in [5.41, 5.74) is 7.20. The summed E-state index contributed by atoms with van der Waals surface area (Å²) in [6.45, 7) is 1.87. The molecular formula is C12H9BrCl2N2O. The Bertz CT molecular complexity index is 605. The van der Waals surface area contributed by atoms with Crippen molar-refractivity contribution in [1.82, 2.24) is 4.98 Å². The highest BCUT2D eigenvalue weighted by atomic mass is 79.9. The smallest absolute Gasteiger partial charge is 0.234 e. The third-order valence-corrected chi connectivity index (χ3v) is 3.84. The molecule has 0 saturated heterocycles. The van der Waals surface area contributed by atoms with E-state index < -0.39 is 0 Å². The Morgan fingerprint density at radius 2 is 2.06 bits per heavy atom. The fraction of sp³-hybridized carbons (Fsp3) is 0.0833. The Labute approximate surface area is 123 Å². The van der Waals surface area contributed by atoms with Crippen LogP contribution < -0.4 is 10.5 Å². The van der Waals surface area contributed by atoms with Crippen molar-refractivity contribution in [2.45, 2.75) is 6.92 Å². The molecule has 0 saturated carbocycles. The maximum atomic E-state index is 6.03. The highest BCUT2D eigenvalue weighted by molar-refractivity contribution is 9.10. The zero-order valence-electron chi connectivity index (χ0n) is 9.38. The highest BCUT2D eigenvalue weighted by Gasteiger charge is 2.11. The molecule has 3 nitrogen and oxygen atoms in total. The van der Waals surface area contributed by atoms with Crippen molar-refractivity contribution in [2.75, 3.05) is 5.73 Å². The maximum Gasteiger partial charge on any atom is 0.234 e. The summed E-state index contributed by atoms with van der Waals surface area (Å²) < 4.78 is 6.33. The molecule has 0 aliphatic rings. The third-order valence-electron chi connectivity index (χ3n) is 2.37. The van der Waals surface area contributed by atoms with E-state index in [0.29, 0.717) is 31.8 Å². The molecule has 0 fully saturated rings. The van der Waals surface area contributed by atoms with E-state index in [0.717, 1.165) is 5.56 Å². The summed E-state index contributed by atoms with van der Waals surface area (Å²) in [5, 5.41) is 0.971. The molecular weight excluding hydrogens is 339 g/mol. The molecule has 6 heteroatoms. The van der Waals surface area contributed by atoms with Gasteiger partial charge in [0.1, 0.15) is 5.75 Å². The number of nitrogen functional groups attached to an aromatic ring is 1. The first-order valence-corrected chi connectivity index (χ1v) is 6.57. The summed E-state index contributed by atoms with van der Waals surface area (Å²) in [5.74, 6) is 0.893. The van der Waals surface area contributed by atoms with E-state index in [1.54, 1.807) is 24.4 Å². The fourth-order valence-electron chi connectivity index (χ4n) is 1.30. The van der Waals surface area contributed by atoms with Crippen molar-refractivity contribution in [3.8, 4) is 11.6 Å². The normalized spacial score (nSPS) is 10.4. The lowest BCUT2D eigenvalue weighted by Gasteiger charge is -2.11. The molecule has 0 amide bonds. The molecule has 0 radical (unpaired) electrons. The van der Waals surface area contributed by atoms with Gasteiger partial charge in [-0.3, -0.25) is 0 Å². The second-order valence-corrected chi connectivity index (χ2v) is 5.27. The Kier molecular flexibility index (Phi) is 4.00. The zero-order chi connectivity index (χ0) is 13.3. The van der Waals surface area contributed by atoms with Crippen molar-refractivity contribution in [1.29, 1.82) is 0 Å². The van der Waals surface area contributed by atoms with E-state index >= 15 is 0 Å². The number of hydrogen-bond acceptors (Lipinski definition) is 3. The molecule has 2 rings (SSSR count). The van der Waals surface area contributed by atoms with Gasteiger partial charge in [-0.1, -0.05) is 23.2 Å². The lowest BCUT2D eigenvalue weighted by molar-refractivity contribution is 0.459. The van der Waals surface area contributed by atoms with Crippen LogP contribution in [-0.4, -0.2) is 4.98 Å². The van der Waals surface area contributed by atoms with Crippen LogP contribution in [0, 0.1) is 6.92 Å². The summed E-state index contributed by atoms with van der Waals surface area (Å²) in [4.78, 5) is 4.11. The van der Waals surface area contributed by atoms with Gasteiger partial charge in [0.05, 0.1) is 21.4 Å². The SMILES string of the molecule is Cc1c(N)cnc(Oc2ccc(Cl)cc2Cl)c1Br. The summed E-state index contributed by atoms with van der Waals surface area (Å²) >= 11 is 15.2. The van der Waals surface area contributed by atoms with Gasteiger partial charge in [-0.25, -0.2) is 4.98 Å². The number of hydrogen-bond donors (Lipinski definition) is 1. The van der Waals surface area contributed by atoms with Crippen molar-refractivity contribution < 1.29 is 4.74 Å². The van der Waals surface area contributed by atoms with Gasteiger partial charge < -0.3 is 10.5 Å². The molecule has 0 bridgehead atoms. The summed E-state index contributed by atoms with van der Waals surface area (Å²) in [7, 11) is 0. The molecule has 1 aromatic heterocycles. The average molecular weight is 348 g/mol. The second-order valence-electron chi connectivity index (χ2n) is 3.63. The van der Waals surface area contributed by atoms with E-state index in [2.05, 4.69) is 20.9 Å². The third kappa shape index (κ3) is 2.71. The van der Waals surface area contributed by atoms with Crippen LogP contribution in [0.4, 0.5) is 5.69 Å². The lowest BCUT2D eigenvalue weighted by Crippen LogP contribution is -1.96. The molecule has 0 aliphatic carbocycles. The number of halogens is 3. The molecule has 0 atom stereocenters. The fourth-order valence-corrected chi connectivity index (χ4v) is 2.16. The average Bonchev–Trinajstić information content (AvgIpc) is 2.33. The van der Waals surface area contributed by atoms with Crippen LogP contribution in [0.2, 0.25) is 10.0 Å². The largest absolute Gasteiger partial charge is 0.436 e. The molecule has 2 aromatic rings. The van der Waals surface area contributed by atoms with Gasteiger partial charge in [0, 0.05) is 5.02 Å². The molecule has 0 spiro atoms. The van der Waals surface area contributed by atoms with Crippen LogP contribution in [0.25, 0.3) is 0 Å². The number of ether oxygens (including phenoxy) is 1. The molecule has 1 aromatic carbocycles. The molecule has 18 heavy (non-hydrogen) atoms. The molecule has 1 heterocycles. The van der Waals surface area contributed by atoms with Crippen molar-refractivity contribution in [3.63, 3.8) is 0 Å².